The Balaban J connectivity index is 1.36. The van der Waals surface area contributed by atoms with Crippen molar-refractivity contribution in [1.29, 1.82) is 0 Å². The molecular formula is C45H52ClN7O9S. The van der Waals surface area contributed by atoms with Crippen molar-refractivity contribution < 1.29 is 38.6 Å². The van der Waals surface area contributed by atoms with Gasteiger partial charge in [-0.3, -0.25) is 24.6 Å². The van der Waals surface area contributed by atoms with Crippen LogP contribution in [0.3, 0.4) is 0 Å². The molecule has 1 heterocycles. The van der Waals surface area contributed by atoms with E-state index in [0.717, 1.165) is 37.4 Å². The number of carbonyl (C=O) groups is 3. The van der Waals surface area contributed by atoms with Crippen molar-refractivity contribution in [3.05, 3.63) is 105 Å². The predicted octanol–water partition coefficient (Wildman–Crippen LogP) is 10.7. The van der Waals surface area contributed by atoms with Crippen molar-refractivity contribution in [3.63, 3.8) is 0 Å². The van der Waals surface area contributed by atoms with Crippen molar-refractivity contribution in [2.45, 2.75) is 95.5 Å². The molecule has 0 atom stereocenters. The van der Waals surface area contributed by atoms with E-state index in [9.17, 15) is 29.6 Å². The van der Waals surface area contributed by atoms with E-state index in [1.165, 1.54) is 73.1 Å². The summed E-state index contributed by atoms with van der Waals surface area (Å²) in [5.74, 6) is -1.16. The van der Waals surface area contributed by atoms with Crippen LogP contribution in [0.2, 0.25) is 5.02 Å². The van der Waals surface area contributed by atoms with E-state index in [2.05, 4.69) is 27.8 Å². The molecule has 0 saturated carbocycles. The molecule has 0 bridgehead atoms. The number of thioether (sulfide) groups is 1. The number of ether oxygens (including phenoxy) is 3. The molecule has 5 rings (SSSR count). The number of benzene rings is 4. The molecule has 334 valence electrons. The molecule has 2 amide bonds. The van der Waals surface area contributed by atoms with Gasteiger partial charge in [0.25, 0.3) is 5.91 Å². The fourth-order valence-corrected chi connectivity index (χ4v) is 7.75. The predicted molar refractivity (Wildman–Crippen MR) is 243 cm³/mol. The molecule has 5 aromatic rings. The zero-order chi connectivity index (χ0) is 45.1. The highest BCUT2D eigenvalue weighted by molar-refractivity contribution is 7.98. The molecule has 0 aliphatic carbocycles. The first-order valence-electron chi connectivity index (χ1n) is 20.9. The molecule has 63 heavy (non-hydrogen) atoms. The van der Waals surface area contributed by atoms with E-state index in [1.807, 2.05) is 6.92 Å². The highest BCUT2D eigenvalue weighted by atomic mass is 35.5. The second kappa shape index (κ2) is 24.4. The average Bonchev–Trinajstić information content (AvgIpc) is 3.71. The maximum absolute atomic E-state index is 14.2. The number of halogens is 1. The largest absolute Gasteiger partial charge is 0.506 e. The van der Waals surface area contributed by atoms with Gasteiger partial charge in [0, 0.05) is 34.2 Å². The van der Waals surface area contributed by atoms with Gasteiger partial charge in [0.1, 0.15) is 24.7 Å². The lowest BCUT2D eigenvalue weighted by molar-refractivity contribution is -0.385. The number of amides is 2. The lowest BCUT2D eigenvalue weighted by atomic mass is 10.0. The van der Waals surface area contributed by atoms with E-state index in [-0.39, 0.29) is 42.5 Å². The first kappa shape index (κ1) is 47.8. The van der Waals surface area contributed by atoms with Gasteiger partial charge in [0.2, 0.25) is 10.9 Å². The molecule has 0 aliphatic rings. The van der Waals surface area contributed by atoms with Gasteiger partial charge in [0.05, 0.1) is 29.0 Å². The van der Waals surface area contributed by atoms with Crippen LogP contribution >= 0.6 is 23.4 Å². The number of tetrazole rings is 1. The number of anilines is 2. The fourth-order valence-electron chi connectivity index (χ4n) is 6.76. The van der Waals surface area contributed by atoms with Gasteiger partial charge in [-0.25, -0.2) is 9.48 Å². The maximum atomic E-state index is 14.2. The van der Waals surface area contributed by atoms with Gasteiger partial charge in [-0.1, -0.05) is 124 Å². The third-order valence-electron chi connectivity index (χ3n) is 10.1. The monoisotopic (exact) mass is 901 g/mol. The van der Waals surface area contributed by atoms with Crippen LogP contribution in [0, 0.1) is 10.1 Å². The number of hydrogen-bond acceptors (Lipinski definition) is 13. The summed E-state index contributed by atoms with van der Waals surface area (Å²) in [5, 5.41) is 39.5. The third kappa shape index (κ3) is 13.6. The number of fused-ring (bicyclic) bond motifs is 1. The van der Waals surface area contributed by atoms with Crippen LogP contribution in [0.4, 0.5) is 21.9 Å². The molecular weight excluding hydrogens is 850 g/mol. The number of aromatic hydroxyl groups is 1. The van der Waals surface area contributed by atoms with Crippen LogP contribution in [-0.2, 0) is 21.8 Å². The highest BCUT2D eigenvalue weighted by Gasteiger charge is 2.26. The minimum atomic E-state index is -0.863. The topological polar surface area (TPSA) is 201 Å². The summed E-state index contributed by atoms with van der Waals surface area (Å²) in [4.78, 5) is 53.0. The van der Waals surface area contributed by atoms with Crippen molar-refractivity contribution in [3.8, 4) is 17.2 Å². The Bertz CT molecular complexity index is 2390. The molecule has 2 N–H and O–H groups in total. The minimum Gasteiger partial charge on any atom is -0.506 e. The summed E-state index contributed by atoms with van der Waals surface area (Å²) < 4.78 is 17.6. The van der Waals surface area contributed by atoms with Crippen molar-refractivity contribution >= 4 is 69.2 Å². The number of phenols is 1. The van der Waals surface area contributed by atoms with Crippen LogP contribution in [0.5, 0.6) is 17.2 Å². The molecule has 4 aromatic carbocycles. The van der Waals surface area contributed by atoms with E-state index in [1.54, 1.807) is 54.6 Å². The molecule has 0 spiro atoms. The average molecular weight is 902 g/mol. The summed E-state index contributed by atoms with van der Waals surface area (Å²) in [6.07, 6.45) is 13.3. The second-order valence-electron chi connectivity index (χ2n) is 14.6. The lowest BCUT2D eigenvalue weighted by Gasteiger charge is -2.24. The number of nitro benzene ring substituents is 1. The number of esters is 1. The molecule has 18 heteroatoms. The second-order valence-corrected chi connectivity index (χ2v) is 15.9. The van der Waals surface area contributed by atoms with Crippen molar-refractivity contribution in [1.82, 2.24) is 20.2 Å². The standard InChI is InChI=1S/C45H52ClN7O9S/c1-4-6-8-9-10-11-12-13-14-15-25-51(37-18-16-17-34-33(37)21-22-35(42(34)55)43(56)47-36-28-32(46)20-24-39(36)60-3)45(57)62-40-23-19-31(27-38(40)53(58)59)30-63-44-48-49-50-52(44)29-41(54)61-26-7-5-2/h5,7,16-24,27-28,55H,4,6,8-15,25-26,29-30H2,1-3H3,(H,47,56)/b7-5+. The Morgan fingerprint density at radius 1 is 0.952 bits per heavy atom. The van der Waals surface area contributed by atoms with Gasteiger partial charge in [-0.15, -0.1) is 5.10 Å². The van der Waals surface area contributed by atoms with E-state index in [0.29, 0.717) is 50.1 Å². The minimum absolute atomic E-state index is 0.0292. The van der Waals surface area contributed by atoms with Crippen LogP contribution in [0.1, 0.15) is 94.0 Å². The summed E-state index contributed by atoms with van der Waals surface area (Å²) in [5.41, 5.74) is 0.739. The summed E-state index contributed by atoms with van der Waals surface area (Å²) in [7, 11) is 1.46. The van der Waals surface area contributed by atoms with Crippen LogP contribution < -0.4 is 19.7 Å². The molecule has 1 aromatic heterocycles. The number of aromatic nitrogens is 4. The molecule has 0 radical (unpaired) electrons. The molecule has 0 saturated heterocycles. The van der Waals surface area contributed by atoms with Crippen LogP contribution in [0.15, 0.2) is 84.0 Å². The number of nitro groups is 1. The number of carbonyl (C=O) groups excluding carboxylic acids is 3. The lowest BCUT2D eigenvalue weighted by Crippen LogP contribution is -2.34. The Kier molecular flexibility index (Phi) is 18.6. The Morgan fingerprint density at radius 2 is 1.68 bits per heavy atom. The number of unbranched alkanes of at least 4 members (excludes halogenated alkanes) is 9. The highest BCUT2D eigenvalue weighted by Crippen LogP contribution is 2.38. The Morgan fingerprint density at radius 3 is 2.40 bits per heavy atom. The molecule has 0 unspecified atom stereocenters. The van der Waals surface area contributed by atoms with Crippen molar-refractivity contribution in [2.24, 2.45) is 0 Å². The van der Waals surface area contributed by atoms with Gasteiger partial charge in [0.15, 0.2) is 0 Å². The Labute approximate surface area is 375 Å². The maximum Gasteiger partial charge on any atom is 0.420 e. The van der Waals surface area contributed by atoms with Crippen LogP contribution in [-0.4, -0.2) is 68.5 Å². The van der Waals surface area contributed by atoms with Gasteiger partial charge < -0.3 is 24.6 Å². The zero-order valence-electron chi connectivity index (χ0n) is 35.6. The first-order valence-corrected chi connectivity index (χ1v) is 22.2. The van der Waals surface area contributed by atoms with Crippen LogP contribution in [0.25, 0.3) is 10.8 Å². The molecule has 16 nitrogen and oxygen atoms in total. The van der Waals surface area contributed by atoms with Crippen molar-refractivity contribution in [2.75, 3.05) is 30.5 Å². The van der Waals surface area contributed by atoms with Gasteiger partial charge >= 0.3 is 17.7 Å². The van der Waals surface area contributed by atoms with E-state index >= 15 is 0 Å². The van der Waals surface area contributed by atoms with E-state index < -0.39 is 28.6 Å². The number of nitrogens with zero attached hydrogens (tertiary/aromatic N) is 6. The van der Waals surface area contributed by atoms with Gasteiger partial charge in [-0.05, 0) is 65.7 Å². The number of allylic oxidation sites excluding steroid dienone is 1. The Hall–Kier alpha value is -6.20. The fraction of sp³-hybridized carbons (Fsp3) is 0.378. The normalized spacial score (nSPS) is 11.2. The summed E-state index contributed by atoms with van der Waals surface area (Å²) >= 11 is 7.32. The quantitative estimate of drug-likeness (QED) is 0.0148. The van der Waals surface area contributed by atoms with E-state index in [4.69, 9.17) is 25.8 Å². The number of methoxy groups -OCH3 is 1. The molecule has 0 fully saturated rings. The van der Waals surface area contributed by atoms with Gasteiger partial charge in [-0.2, -0.15) is 0 Å². The number of nitrogens with one attached hydrogen (secondary N) is 1. The summed E-state index contributed by atoms with van der Waals surface area (Å²) in [6, 6.07) is 17.1. The third-order valence-corrected chi connectivity index (χ3v) is 11.3. The number of rotatable bonds is 24. The zero-order valence-corrected chi connectivity index (χ0v) is 37.2. The SMILES string of the molecule is C/C=C/COC(=O)Cn1nnnc1SCc1ccc(OC(=O)N(CCCCCCCCCCCC)c2cccc3c(O)c(C(=O)Nc4cc(Cl)ccc4OC)ccc23)c([N+](=O)[O-])c1. The molecule has 0 aliphatic heterocycles. The number of hydrogen-bond donors (Lipinski definition) is 2. The summed E-state index contributed by atoms with van der Waals surface area (Å²) in [6.45, 7) is 4.12. The first-order chi connectivity index (χ1) is 30.5. The smallest absolute Gasteiger partial charge is 0.420 e. The number of phenolic OH excluding ortho intramolecular Hbond substituents is 1.